The van der Waals surface area contributed by atoms with Crippen LogP contribution in [0, 0.1) is 6.92 Å². The van der Waals surface area contributed by atoms with E-state index in [9.17, 15) is 4.79 Å². The Hall–Kier alpha value is -3.52. The zero-order valence-corrected chi connectivity index (χ0v) is 17.8. The highest BCUT2D eigenvalue weighted by Crippen LogP contribution is 2.30. The van der Waals surface area contributed by atoms with Crippen molar-refractivity contribution in [2.45, 2.75) is 18.9 Å². The third kappa shape index (κ3) is 3.48. The quantitative estimate of drug-likeness (QED) is 0.489. The van der Waals surface area contributed by atoms with Gasteiger partial charge < -0.3 is 15.2 Å². The van der Waals surface area contributed by atoms with E-state index in [0.717, 1.165) is 51.3 Å². The van der Waals surface area contributed by atoms with Crippen LogP contribution >= 0.6 is 0 Å². The second-order valence-corrected chi connectivity index (χ2v) is 8.16. The minimum atomic E-state index is 0.166. The molecule has 0 aromatic carbocycles. The second-order valence-electron chi connectivity index (χ2n) is 8.16. The molecule has 2 atom stereocenters. The highest BCUT2D eigenvalue weighted by molar-refractivity contribution is 5.86. The first-order chi connectivity index (χ1) is 15.1. The Balaban J connectivity index is 1.49. The molecule has 158 valence electrons. The van der Waals surface area contributed by atoms with E-state index in [4.69, 9.17) is 4.98 Å². The number of aromatic amines is 1. The molecule has 2 unspecified atom stereocenters. The number of nitrogens with zero attached hydrogens (tertiary/aromatic N) is 5. The number of carbonyl (C=O) groups excluding carboxylic acids is 1. The summed E-state index contributed by atoms with van der Waals surface area (Å²) in [4.78, 5) is 26.0. The molecule has 1 amide bonds. The minimum absolute atomic E-state index is 0.166. The molecule has 0 aliphatic carbocycles. The SMILES string of the molecule is CNC1CN(C=O)CC1c1cccc(-c2cnc3[nH]c(-c4cn(C)nc4C)cc3c2)n1. The molecule has 0 radical (unpaired) electrons. The molecule has 1 saturated heterocycles. The highest BCUT2D eigenvalue weighted by Gasteiger charge is 2.33. The number of nitrogens with one attached hydrogen (secondary N) is 2. The van der Waals surface area contributed by atoms with Crippen LogP contribution in [0.25, 0.3) is 33.5 Å². The first-order valence-corrected chi connectivity index (χ1v) is 10.4. The molecule has 5 rings (SSSR count). The lowest BCUT2D eigenvalue weighted by atomic mass is 9.98. The normalized spacial score (nSPS) is 18.7. The molecule has 4 aromatic rings. The Morgan fingerprint density at radius 1 is 1.26 bits per heavy atom. The first-order valence-electron chi connectivity index (χ1n) is 10.4. The molecule has 8 heteroatoms. The van der Waals surface area contributed by atoms with E-state index < -0.39 is 0 Å². The third-order valence-electron chi connectivity index (χ3n) is 6.09. The minimum Gasteiger partial charge on any atom is -0.343 e. The number of aryl methyl sites for hydroxylation is 2. The fourth-order valence-corrected chi connectivity index (χ4v) is 4.50. The fraction of sp³-hybridized carbons (Fsp3) is 0.304. The number of H-pyrrole nitrogens is 1. The Morgan fingerprint density at radius 3 is 2.87 bits per heavy atom. The predicted molar refractivity (Wildman–Crippen MR) is 119 cm³/mol. The van der Waals surface area contributed by atoms with Crippen LogP contribution in [0.2, 0.25) is 0 Å². The number of pyridine rings is 2. The van der Waals surface area contributed by atoms with Gasteiger partial charge in [-0.1, -0.05) is 6.07 Å². The zero-order chi connectivity index (χ0) is 21.5. The van der Waals surface area contributed by atoms with Crippen molar-refractivity contribution in [1.82, 2.24) is 34.9 Å². The van der Waals surface area contributed by atoms with Crippen molar-refractivity contribution in [1.29, 1.82) is 0 Å². The molecular formula is C23H25N7O. The van der Waals surface area contributed by atoms with E-state index in [-0.39, 0.29) is 12.0 Å². The Bertz CT molecular complexity index is 1260. The number of likely N-dealkylation sites (N-methyl/N-ethyl adjacent to an activating group) is 1. The highest BCUT2D eigenvalue weighted by atomic mass is 16.1. The molecule has 1 fully saturated rings. The first kappa shape index (κ1) is 19.4. The van der Waals surface area contributed by atoms with E-state index in [1.54, 1.807) is 4.90 Å². The van der Waals surface area contributed by atoms with Crippen LogP contribution in [0.5, 0.6) is 0 Å². The third-order valence-corrected chi connectivity index (χ3v) is 6.09. The summed E-state index contributed by atoms with van der Waals surface area (Å²) >= 11 is 0. The summed E-state index contributed by atoms with van der Waals surface area (Å²) in [5.41, 5.74) is 6.72. The second kappa shape index (κ2) is 7.63. The van der Waals surface area contributed by atoms with Crippen molar-refractivity contribution in [2.75, 3.05) is 20.1 Å². The molecule has 0 spiro atoms. The van der Waals surface area contributed by atoms with Gasteiger partial charge in [0.1, 0.15) is 5.65 Å². The van der Waals surface area contributed by atoms with Crippen LogP contribution in [-0.2, 0) is 11.8 Å². The number of hydrogen-bond donors (Lipinski definition) is 2. The van der Waals surface area contributed by atoms with Gasteiger partial charge in [0, 0.05) is 66.7 Å². The molecule has 2 N–H and O–H groups in total. The van der Waals surface area contributed by atoms with Gasteiger partial charge in [0.15, 0.2) is 0 Å². The molecular weight excluding hydrogens is 390 g/mol. The van der Waals surface area contributed by atoms with Gasteiger partial charge in [-0.3, -0.25) is 14.5 Å². The number of rotatable bonds is 5. The van der Waals surface area contributed by atoms with E-state index in [1.807, 2.05) is 56.3 Å². The van der Waals surface area contributed by atoms with E-state index in [2.05, 4.69) is 32.5 Å². The molecule has 0 saturated carbocycles. The maximum absolute atomic E-state index is 11.2. The van der Waals surface area contributed by atoms with Gasteiger partial charge in [-0.2, -0.15) is 5.10 Å². The summed E-state index contributed by atoms with van der Waals surface area (Å²) < 4.78 is 1.82. The largest absolute Gasteiger partial charge is 0.343 e. The molecule has 4 aromatic heterocycles. The maximum atomic E-state index is 11.2. The average molecular weight is 416 g/mol. The lowest BCUT2D eigenvalue weighted by Gasteiger charge is -2.17. The van der Waals surface area contributed by atoms with Gasteiger partial charge in [0.25, 0.3) is 0 Å². The van der Waals surface area contributed by atoms with Crippen LogP contribution in [0.15, 0.2) is 42.7 Å². The Labute approximate surface area is 180 Å². The lowest BCUT2D eigenvalue weighted by Crippen LogP contribution is -2.32. The summed E-state index contributed by atoms with van der Waals surface area (Å²) in [5.74, 6) is 0.166. The topological polar surface area (TPSA) is 91.7 Å². The van der Waals surface area contributed by atoms with Crippen LogP contribution in [0.1, 0.15) is 17.3 Å². The van der Waals surface area contributed by atoms with Crippen molar-refractivity contribution in [3.63, 3.8) is 0 Å². The van der Waals surface area contributed by atoms with Crippen LogP contribution in [0.3, 0.4) is 0 Å². The van der Waals surface area contributed by atoms with Crippen molar-refractivity contribution in [2.24, 2.45) is 7.05 Å². The molecule has 5 heterocycles. The Morgan fingerprint density at radius 2 is 2.13 bits per heavy atom. The zero-order valence-electron chi connectivity index (χ0n) is 17.8. The van der Waals surface area contributed by atoms with Gasteiger partial charge in [-0.05, 0) is 38.2 Å². The number of likely N-dealkylation sites (tertiary alicyclic amines) is 1. The van der Waals surface area contributed by atoms with Crippen molar-refractivity contribution < 1.29 is 4.79 Å². The summed E-state index contributed by atoms with van der Waals surface area (Å²) in [6, 6.07) is 10.5. The molecule has 31 heavy (non-hydrogen) atoms. The average Bonchev–Trinajstić information content (AvgIpc) is 3.48. The lowest BCUT2D eigenvalue weighted by molar-refractivity contribution is -0.117. The Kier molecular flexibility index (Phi) is 4.78. The summed E-state index contributed by atoms with van der Waals surface area (Å²) in [5, 5.41) is 8.78. The molecule has 1 aliphatic rings. The summed E-state index contributed by atoms with van der Waals surface area (Å²) in [6.07, 6.45) is 4.78. The number of aromatic nitrogens is 5. The van der Waals surface area contributed by atoms with Crippen molar-refractivity contribution in [3.8, 4) is 22.5 Å². The van der Waals surface area contributed by atoms with E-state index in [1.165, 1.54) is 0 Å². The van der Waals surface area contributed by atoms with Crippen LogP contribution in [-0.4, -0.2) is 62.2 Å². The smallest absolute Gasteiger partial charge is 0.209 e. The van der Waals surface area contributed by atoms with Crippen LogP contribution in [0.4, 0.5) is 0 Å². The van der Waals surface area contributed by atoms with Gasteiger partial charge >= 0.3 is 0 Å². The van der Waals surface area contributed by atoms with Gasteiger partial charge in [-0.25, -0.2) is 4.98 Å². The van der Waals surface area contributed by atoms with Crippen molar-refractivity contribution in [3.05, 3.63) is 54.1 Å². The standard InChI is InChI=1S/C23H25N7O/c1-14-17(10-29(3)28-14)21-8-15-7-16(9-25-23(15)27-21)19-5-4-6-20(26-19)18-11-30(13-31)12-22(18)24-2/h4-10,13,18,22,24H,11-12H2,1-3H3,(H,25,27). The molecule has 8 nitrogen and oxygen atoms in total. The number of amides is 1. The van der Waals surface area contributed by atoms with Gasteiger partial charge in [0.2, 0.25) is 6.41 Å². The number of carbonyl (C=O) groups is 1. The molecule has 0 bridgehead atoms. The summed E-state index contributed by atoms with van der Waals surface area (Å²) in [7, 11) is 3.85. The maximum Gasteiger partial charge on any atom is 0.209 e. The van der Waals surface area contributed by atoms with E-state index >= 15 is 0 Å². The van der Waals surface area contributed by atoms with Crippen molar-refractivity contribution >= 4 is 17.4 Å². The number of hydrogen-bond acceptors (Lipinski definition) is 5. The number of fused-ring (bicyclic) bond motifs is 1. The van der Waals surface area contributed by atoms with Gasteiger partial charge in [0.05, 0.1) is 17.1 Å². The monoisotopic (exact) mass is 415 g/mol. The van der Waals surface area contributed by atoms with Gasteiger partial charge in [-0.15, -0.1) is 0 Å². The van der Waals surface area contributed by atoms with E-state index in [0.29, 0.717) is 13.1 Å². The molecule has 1 aliphatic heterocycles. The predicted octanol–water partition coefficient (Wildman–Crippen LogP) is 2.48. The van der Waals surface area contributed by atoms with Crippen LogP contribution < -0.4 is 5.32 Å². The fourth-order valence-electron chi connectivity index (χ4n) is 4.50. The summed E-state index contributed by atoms with van der Waals surface area (Å²) in [6.45, 7) is 3.38.